The summed E-state index contributed by atoms with van der Waals surface area (Å²) in [5.74, 6) is 0. The highest BCUT2D eigenvalue weighted by Crippen LogP contribution is 1.99. The first-order valence-electron chi connectivity index (χ1n) is 3.32. The van der Waals surface area contributed by atoms with Gasteiger partial charge in [0.15, 0.2) is 0 Å². The zero-order chi connectivity index (χ0) is 7.11. The molecule has 0 unspecified atom stereocenters. The molecule has 0 bridgehead atoms. The fourth-order valence-corrected chi connectivity index (χ4v) is 0.667. The third kappa shape index (κ3) is 5.35. The molecule has 0 radical (unpaired) electrons. The summed E-state index contributed by atoms with van der Waals surface area (Å²) in [6.07, 6.45) is 3.87. The Morgan fingerprint density at radius 2 is 2.33 bits per heavy atom. The summed E-state index contributed by atoms with van der Waals surface area (Å²) in [6, 6.07) is 0. The van der Waals surface area contributed by atoms with Gasteiger partial charge in [0.1, 0.15) is 0 Å². The molecule has 0 atom stereocenters. The summed E-state index contributed by atoms with van der Waals surface area (Å²) in [5.41, 5.74) is 4.19. The van der Waals surface area contributed by atoms with Crippen LogP contribution in [0.2, 0.25) is 0 Å². The molecule has 0 aromatic heterocycles. The normalized spacial score (nSPS) is 8.33. The van der Waals surface area contributed by atoms with Crippen molar-refractivity contribution in [2.24, 2.45) is 0 Å². The highest BCUT2D eigenvalue weighted by atomic mass is 16.2. The summed E-state index contributed by atoms with van der Waals surface area (Å²) >= 11 is 0. The summed E-state index contributed by atoms with van der Waals surface area (Å²) in [6.45, 7) is 4.25. The van der Waals surface area contributed by atoms with Gasteiger partial charge in [-0.15, -0.1) is 5.73 Å². The van der Waals surface area contributed by atoms with Crippen LogP contribution in [-0.2, 0) is 0 Å². The van der Waals surface area contributed by atoms with Gasteiger partial charge in [-0.3, -0.25) is 0 Å². The average molecular weight is 126 g/mol. The summed E-state index contributed by atoms with van der Waals surface area (Å²) in [5, 5.41) is 8.35. The van der Waals surface area contributed by atoms with Gasteiger partial charge in [-0.1, -0.05) is 13.3 Å². The monoisotopic (exact) mass is 126 g/mol. The molecule has 0 aromatic carbocycles. The maximum Gasteiger partial charge on any atom is 0.0686 e. The zero-order valence-corrected chi connectivity index (χ0v) is 6.15. The van der Waals surface area contributed by atoms with Crippen molar-refractivity contribution >= 4 is 0 Å². The Kier molecular flexibility index (Phi) is 5.29. The molecule has 0 spiro atoms. The highest BCUT2D eigenvalue weighted by Gasteiger charge is 1.80. The van der Waals surface area contributed by atoms with Crippen LogP contribution in [0.15, 0.2) is 17.4 Å². The van der Waals surface area contributed by atoms with E-state index in [0.29, 0.717) is 0 Å². The summed E-state index contributed by atoms with van der Waals surface area (Å²) in [7, 11) is 0. The molecule has 9 heavy (non-hydrogen) atoms. The molecule has 1 heteroatoms. The van der Waals surface area contributed by atoms with E-state index < -0.39 is 0 Å². The second-order valence-electron chi connectivity index (χ2n) is 2.06. The molecule has 0 heterocycles. The van der Waals surface area contributed by atoms with E-state index in [4.69, 9.17) is 5.11 Å². The second-order valence-corrected chi connectivity index (χ2v) is 2.06. The van der Waals surface area contributed by atoms with Gasteiger partial charge in [0.2, 0.25) is 0 Å². The molecule has 0 aliphatic carbocycles. The van der Waals surface area contributed by atoms with Crippen LogP contribution in [0.1, 0.15) is 26.7 Å². The second kappa shape index (κ2) is 5.61. The minimum absolute atomic E-state index is 0.0983. The minimum atomic E-state index is 0.0983. The van der Waals surface area contributed by atoms with Gasteiger partial charge in [0.05, 0.1) is 6.61 Å². The van der Waals surface area contributed by atoms with Crippen molar-refractivity contribution in [3.63, 3.8) is 0 Å². The van der Waals surface area contributed by atoms with Crippen LogP contribution < -0.4 is 0 Å². The minimum Gasteiger partial charge on any atom is -0.392 e. The first-order chi connectivity index (χ1) is 4.31. The maximum atomic E-state index is 8.35. The van der Waals surface area contributed by atoms with Crippen LogP contribution in [-0.4, -0.2) is 11.7 Å². The molecule has 1 nitrogen and oxygen atoms in total. The van der Waals surface area contributed by atoms with Crippen LogP contribution in [0.5, 0.6) is 0 Å². The van der Waals surface area contributed by atoms with Gasteiger partial charge < -0.3 is 5.11 Å². The Hall–Kier alpha value is -0.520. The van der Waals surface area contributed by atoms with Crippen molar-refractivity contribution in [3.8, 4) is 0 Å². The fourth-order valence-electron chi connectivity index (χ4n) is 0.667. The topological polar surface area (TPSA) is 20.2 Å². The van der Waals surface area contributed by atoms with Crippen molar-refractivity contribution < 1.29 is 5.11 Å². The highest BCUT2D eigenvalue weighted by molar-refractivity contribution is 4.97. The van der Waals surface area contributed by atoms with Gasteiger partial charge in [-0.25, -0.2) is 0 Å². The maximum absolute atomic E-state index is 8.35. The molecule has 1 N–H and O–H groups in total. The standard InChI is InChI=1S/C8H14O/c1-3-5-8(2)6-4-7-9/h4,9H,3,5,7H2,1-2H3. The van der Waals surface area contributed by atoms with Crippen LogP contribution >= 0.6 is 0 Å². The van der Waals surface area contributed by atoms with Gasteiger partial charge in [-0.2, -0.15) is 0 Å². The SMILES string of the molecule is CCCC(C)=C=CCO. The Morgan fingerprint density at radius 1 is 1.67 bits per heavy atom. The Labute approximate surface area is 56.7 Å². The number of rotatable bonds is 3. The first kappa shape index (κ1) is 8.48. The van der Waals surface area contributed by atoms with E-state index in [2.05, 4.69) is 12.7 Å². The average Bonchev–Trinajstić information content (AvgIpc) is 1.85. The van der Waals surface area contributed by atoms with Crippen molar-refractivity contribution in [3.05, 3.63) is 17.4 Å². The largest absolute Gasteiger partial charge is 0.392 e. The molecule has 0 aromatic rings. The van der Waals surface area contributed by atoms with Crippen LogP contribution in [0, 0.1) is 0 Å². The molecule has 0 saturated heterocycles. The molecule has 0 rings (SSSR count). The number of aliphatic hydroxyl groups is 1. The molecule has 0 amide bonds. The molecular weight excluding hydrogens is 112 g/mol. The number of hydrogen-bond acceptors (Lipinski definition) is 1. The van der Waals surface area contributed by atoms with Crippen LogP contribution in [0.4, 0.5) is 0 Å². The van der Waals surface area contributed by atoms with E-state index in [0.717, 1.165) is 12.8 Å². The first-order valence-corrected chi connectivity index (χ1v) is 3.32. The predicted octanol–water partition coefficient (Wildman–Crippen LogP) is 1.88. The molecule has 52 valence electrons. The Balaban J connectivity index is 3.68. The van der Waals surface area contributed by atoms with Crippen LogP contribution in [0.25, 0.3) is 0 Å². The third-order valence-corrected chi connectivity index (χ3v) is 1.06. The van der Waals surface area contributed by atoms with Crippen molar-refractivity contribution in [2.75, 3.05) is 6.61 Å². The smallest absolute Gasteiger partial charge is 0.0686 e. The number of aliphatic hydroxyl groups excluding tert-OH is 1. The lowest BCUT2D eigenvalue weighted by Crippen LogP contribution is -1.72. The Morgan fingerprint density at radius 3 is 2.78 bits per heavy atom. The lowest BCUT2D eigenvalue weighted by molar-refractivity contribution is 0.343. The van der Waals surface area contributed by atoms with E-state index >= 15 is 0 Å². The van der Waals surface area contributed by atoms with E-state index in [1.54, 1.807) is 6.08 Å². The van der Waals surface area contributed by atoms with E-state index in [9.17, 15) is 0 Å². The molecule has 0 fully saturated rings. The number of hydrogen-bond donors (Lipinski definition) is 1. The van der Waals surface area contributed by atoms with Crippen LogP contribution in [0.3, 0.4) is 0 Å². The summed E-state index contributed by atoms with van der Waals surface area (Å²) < 4.78 is 0. The van der Waals surface area contributed by atoms with Gasteiger partial charge in [0.25, 0.3) is 0 Å². The van der Waals surface area contributed by atoms with E-state index in [1.165, 1.54) is 5.57 Å². The van der Waals surface area contributed by atoms with Crippen molar-refractivity contribution in [1.82, 2.24) is 0 Å². The lowest BCUT2D eigenvalue weighted by Gasteiger charge is -1.88. The third-order valence-electron chi connectivity index (χ3n) is 1.06. The molecule has 0 saturated carbocycles. The van der Waals surface area contributed by atoms with Gasteiger partial charge >= 0.3 is 0 Å². The van der Waals surface area contributed by atoms with E-state index in [1.807, 2.05) is 6.92 Å². The van der Waals surface area contributed by atoms with Crippen molar-refractivity contribution in [1.29, 1.82) is 0 Å². The molecule has 0 aliphatic rings. The molecular formula is C8H14O. The van der Waals surface area contributed by atoms with Crippen molar-refractivity contribution in [2.45, 2.75) is 26.7 Å². The quantitative estimate of drug-likeness (QED) is 0.572. The fraction of sp³-hybridized carbons (Fsp3) is 0.625. The Bertz CT molecular complexity index is 119. The summed E-state index contributed by atoms with van der Waals surface area (Å²) in [4.78, 5) is 0. The zero-order valence-electron chi connectivity index (χ0n) is 6.15. The lowest BCUT2D eigenvalue weighted by atomic mass is 10.2. The van der Waals surface area contributed by atoms with Gasteiger partial charge in [0, 0.05) is 0 Å². The van der Waals surface area contributed by atoms with E-state index in [-0.39, 0.29) is 6.61 Å². The van der Waals surface area contributed by atoms with Gasteiger partial charge in [-0.05, 0) is 25.0 Å². The predicted molar refractivity (Wildman–Crippen MR) is 39.3 cm³/mol. The molecule has 0 aliphatic heterocycles.